The van der Waals surface area contributed by atoms with Crippen LogP contribution in [-0.2, 0) is 10.0 Å². The normalized spacial score (nSPS) is 11.1. The zero-order valence-electron chi connectivity index (χ0n) is 12.3. The van der Waals surface area contributed by atoms with E-state index in [4.69, 9.17) is 0 Å². The van der Waals surface area contributed by atoms with E-state index in [9.17, 15) is 8.42 Å². The van der Waals surface area contributed by atoms with Gasteiger partial charge >= 0.3 is 0 Å². The van der Waals surface area contributed by atoms with Crippen molar-refractivity contribution in [3.05, 3.63) is 54.6 Å². The van der Waals surface area contributed by atoms with Gasteiger partial charge < -0.3 is 4.90 Å². The Balaban J connectivity index is 2.36. The summed E-state index contributed by atoms with van der Waals surface area (Å²) < 4.78 is 27.5. The van der Waals surface area contributed by atoms with E-state index in [1.165, 1.54) is 0 Å². The first kappa shape index (κ1) is 15.4. The second kappa shape index (κ2) is 6.63. The quantitative estimate of drug-likeness (QED) is 0.890. The fourth-order valence-corrected chi connectivity index (χ4v) is 3.30. The molecule has 0 saturated carbocycles. The Hall–Kier alpha value is -2.01. The molecule has 0 radical (unpaired) electrons. The Kier molecular flexibility index (Phi) is 4.85. The van der Waals surface area contributed by atoms with Crippen LogP contribution < -0.4 is 9.62 Å². The highest BCUT2D eigenvalue weighted by Crippen LogP contribution is 2.27. The summed E-state index contributed by atoms with van der Waals surface area (Å²) in [6.45, 7) is 5.74. The Morgan fingerprint density at radius 3 is 2.10 bits per heavy atom. The zero-order valence-corrected chi connectivity index (χ0v) is 13.1. The fraction of sp³-hybridized carbons (Fsp3) is 0.250. The van der Waals surface area contributed by atoms with E-state index < -0.39 is 10.0 Å². The third kappa shape index (κ3) is 3.55. The molecule has 0 heterocycles. The van der Waals surface area contributed by atoms with E-state index in [0.717, 1.165) is 18.8 Å². The van der Waals surface area contributed by atoms with Crippen molar-refractivity contribution in [3.8, 4) is 0 Å². The summed E-state index contributed by atoms with van der Waals surface area (Å²) in [5, 5.41) is 0. The van der Waals surface area contributed by atoms with Gasteiger partial charge in [0.1, 0.15) is 0 Å². The maximum Gasteiger partial charge on any atom is 0.261 e. The average molecular weight is 304 g/mol. The summed E-state index contributed by atoms with van der Waals surface area (Å²) in [6, 6.07) is 15.8. The third-order valence-electron chi connectivity index (χ3n) is 3.31. The number of sulfonamides is 1. The van der Waals surface area contributed by atoms with Crippen LogP contribution in [0.1, 0.15) is 13.8 Å². The minimum atomic E-state index is -3.56. The molecule has 21 heavy (non-hydrogen) atoms. The summed E-state index contributed by atoms with van der Waals surface area (Å²) >= 11 is 0. The Morgan fingerprint density at radius 2 is 1.48 bits per heavy atom. The van der Waals surface area contributed by atoms with Crippen LogP contribution in [0.15, 0.2) is 59.5 Å². The van der Waals surface area contributed by atoms with Gasteiger partial charge in [0.25, 0.3) is 10.0 Å². The molecule has 0 unspecified atom stereocenters. The van der Waals surface area contributed by atoms with Gasteiger partial charge in [0, 0.05) is 13.1 Å². The molecular weight excluding hydrogens is 284 g/mol. The molecule has 0 aromatic heterocycles. The maximum atomic E-state index is 12.4. The second-order valence-corrected chi connectivity index (χ2v) is 6.29. The Labute approximate surface area is 126 Å². The molecule has 1 N–H and O–H groups in total. The van der Waals surface area contributed by atoms with Crippen LogP contribution in [0.25, 0.3) is 0 Å². The molecule has 0 atom stereocenters. The van der Waals surface area contributed by atoms with E-state index in [-0.39, 0.29) is 4.90 Å². The fourth-order valence-electron chi connectivity index (χ4n) is 2.20. The van der Waals surface area contributed by atoms with Crippen LogP contribution in [0.4, 0.5) is 11.4 Å². The molecule has 0 amide bonds. The van der Waals surface area contributed by atoms with Crippen LogP contribution in [0, 0.1) is 0 Å². The van der Waals surface area contributed by atoms with Crippen molar-refractivity contribution < 1.29 is 8.42 Å². The Morgan fingerprint density at radius 1 is 0.905 bits per heavy atom. The molecule has 0 fully saturated rings. The standard InChI is InChI=1S/C16H20N2O2S/c1-3-18(4-2)16-13-9-8-12-15(16)17-21(19,20)14-10-6-5-7-11-14/h5-13,17H,3-4H2,1-2H3. The summed E-state index contributed by atoms with van der Waals surface area (Å²) in [5.41, 5.74) is 1.49. The number of para-hydroxylation sites is 2. The van der Waals surface area contributed by atoms with Gasteiger partial charge in [-0.1, -0.05) is 30.3 Å². The van der Waals surface area contributed by atoms with Crippen LogP contribution in [-0.4, -0.2) is 21.5 Å². The van der Waals surface area contributed by atoms with Gasteiger partial charge in [-0.05, 0) is 38.1 Å². The summed E-state index contributed by atoms with van der Waals surface area (Å²) in [4.78, 5) is 2.38. The van der Waals surface area contributed by atoms with E-state index in [1.54, 1.807) is 36.4 Å². The predicted octanol–water partition coefficient (Wildman–Crippen LogP) is 3.33. The number of hydrogen-bond acceptors (Lipinski definition) is 3. The maximum absolute atomic E-state index is 12.4. The lowest BCUT2D eigenvalue weighted by atomic mass is 10.2. The van der Waals surface area contributed by atoms with Crippen molar-refractivity contribution in [1.29, 1.82) is 0 Å². The van der Waals surface area contributed by atoms with Gasteiger partial charge in [0.2, 0.25) is 0 Å². The van der Waals surface area contributed by atoms with E-state index in [0.29, 0.717) is 5.69 Å². The molecule has 2 aromatic carbocycles. The SMILES string of the molecule is CCN(CC)c1ccccc1NS(=O)(=O)c1ccccc1. The van der Waals surface area contributed by atoms with E-state index in [1.807, 2.05) is 32.0 Å². The van der Waals surface area contributed by atoms with Crippen molar-refractivity contribution in [2.45, 2.75) is 18.7 Å². The molecule has 0 aliphatic heterocycles. The van der Waals surface area contributed by atoms with Gasteiger partial charge in [-0.3, -0.25) is 4.72 Å². The molecule has 0 saturated heterocycles. The van der Waals surface area contributed by atoms with Crippen LogP contribution in [0.2, 0.25) is 0 Å². The van der Waals surface area contributed by atoms with Gasteiger partial charge in [0.05, 0.1) is 16.3 Å². The van der Waals surface area contributed by atoms with E-state index >= 15 is 0 Å². The van der Waals surface area contributed by atoms with Crippen molar-refractivity contribution in [2.24, 2.45) is 0 Å². The van der Waals surface area contributed by atoms with Crippen molar-refractivity contribution in [2.75, 3.05) is 22.7 Å². The lowest BCUT2D eigenvalue weighted by Crippen LogP contribution is -2.24. The first-order chi connectivity index (χ1) is 10.1. The monoisotopic (exact) mass is 304 g/mol. The average Bonchev–Trinajstić information content (AvgIpc) is 2.51. The molecular formula is C16H20N2O2S. The largest absolute Gasteiger partial charge is 0.370 e. The van der Waals surface area contributed by atoms with Crippen LogP contribution in [0.5, 0.6) is 0 Å². The van der Waals surface area contributed by atoms with Gasteiger partial charge in [-0.2, -0.15) is 0 Å². The highest BCUT2D eigenvalue weighted by molar-refractivity contribution is 7.92. The van der Waals surface area contributed by atoms with Crippen molar-refractivity contribution >= 4 is 21.4 Å². The summed E-state index contributed by atoms with van der Waals surface area (Å²) in [6.07, 6.45) is 0. The molecule has 0 aliphatic carbocycles. The smallest absolute Gasteiger partial charge is 0.261 e. The molecule has 4 nitrogen and oxygen atoms in total. The number of nitrogens with zero attached hydrogens (tertiary/aromatic N) is 1. The van der Waals surface area contributed by atoms with Gasteiger partial charge in [0.15, 0.2) is 0 Å². The minimum absolute atomic E-state index is 0.263. The number of benzene rings is 2. The molecule has 5 heteroatoms. The molecule has 0 bridgehead atoms. The number of hydrogen-bond donors (Lipinski definition) is 1. The Bertz CT molecular complexity index is 680. The van der Waals surface area contributed by atoms with Gasteiger partial charge in [-0.15, -0.1) is 0 Å². The predicted molar refractivity (Wildman–Crippen MR) is 87.3 cm³/mol. The molecule has 2 aromatic rings. The molecule has 112 valence electrons. The van der Waals surface area contributed by atoms with Crippen LogP contribution in [0.3, 0.4) is 0 Å². The summed E-state index contributed by atoms with van der Waals surface area (Å²) in [5.74, 6) is 0. The number of nitrogens with one attached hydrogen (secondary N) is 1. The van der Waals surface area contributed by atoms with Crippen molar-refractivity contribution in [3.63, 3.8) is 0 Å². The van der Waals surface area contributed by atoms with E-state index in [2.05, 4.69) is 9.62 Å². The van der Waals surface area contributed by atoms with Crippen LogP contribution >= 0.6 is 0 Å². The highest BCUT2D eigenvalue weighted by atomic mass is 32.2. The zero-order chi connectivity index (χ0) is 15.3. The molecule has 0 aliphatic rings. The first-order valence-electron chi connectivity index (χ1n) is 7.00. The number of anilines is 2. The topological polar surface area (TPSA) is 49.4 Å². The minimum Gasteiger partial charge on any atom is -0.370 e. The van der Waals surface area contributed by atoms with Gasteiger partial charge in [-0.25, -0.2) is 8.42 Å². The lowest BCUT2D eigenvalue weighted by molar-refractivity contribution is 0.601. The molecule has 2 rings (SSSR count). The highest BCUT2D eigenvalue weighted by Gasteiger charge is 2.16. The second-order valence-electron chi connectivity index (χ2n) is 4.61. The third-order valence-corrected chi connectivity index (χ3v) is 4.69. The number of rotatable bonds is 6. The first-order valence-corrected chi connectivity index (χ1v) is 8.48. The van der Waals surface area contributed by atoms with Crippen molar-refractivity contribution in [1.82, 2.24) is 0 Å². The summed E-state index contributed by atoms with van der Waals surface area (Å²) in [7, 11) is -3.56. The lowest BCUT2D eigenvalue weighted by Gasteiger charge is -2.24. The molecule has 0 spiro atoms.